The Hall–Kier alpha value is -2.14. The van der Waals surface area contributed by atoms with Crippen molar-refractivity contribution in [2.75, 3.05) is 6.54 Å². The molecule has 124 valence electrons. The van der Waals surface area contributed by atoms with Gasteiger partial charge < -0.3 is 15.3 Å². The number of rotatable bonds is 7. The zero-order valence-electron chi connectivity index (χ0n) is 13.7. The third-order valence-electron chi connectivity index (χ3n) is 3.69. The fraction of sp³-hybridized carbons (Fsp3) is 0.444. The van der Waals surface area contributed by atoms with Gasteiger partial charge in [0.05, 0.1) is 5.60 Å². The van der Waals surface area contributed by atoms with Gasteiger partial charge in [0.25, 0.3) is 5.91 Å². The van der Waals surface area contributed by atoms with E-state index in [1.807, 2.05) is 12.1 Å². The highest BCUT2D eigenvalue weighted by molar-refractivity contribution is 5.96. The van der Waals surface area contributed by atoms with E-state index >= 15 is 0 Å². The molecule has 5 nitrogen and oxygen atoms in total. The van der Waals surface area contributed by atoms with Crippen LogP contribution in [-0.4, -0.2) is 40.0 Å². The number of hydrogen-bond donors (Lipinski definition) is 2. The lowest BCUT2D eigenvalue weighted by Gasteiger charge is -2.30. The lowest BCUT2D eigenvalue weighted by molar-refractivity contribution is -0.116. The van der Waals surface area contributed by atoms with Gasteiger partial charge in [0.1, 0.15) is 0 Å². The molecule has 0 heterocycles. The third-order valence-corrected chi connectivity index (χ3v) is 3.69. The minimum Gasteiger partial charge on any atom is -0.389 e. The molecule has 23 heavy (non-hydrogen) atoms. The molecule has 1 fully saturated rings. The summed E-state index contributed by atoms with van der Waals surface area (Å²) in [5.41, 5.74) is 0.381. The molecular weight excluding hydrogens is 292 g/mol. The Morgan fingerprint density at radius 3 is 2.61 bits per heavy atom. The number of nitrogens with zero attached hydrogens (tertiary/aromatic N) is 1. The number of carbonyl (C=O) groups is 2. The highest BCUT2D eigenvalue weighted by atomic mass is 16.3. The molecule has 0 bridgehead atoms. The second-order valence-electron chi connectivity index (χ2n) is 6.56. The van der Waals surface area contributed by atoms with Crippen LogP contribution in [0, 0.1) is 0 Å². The van der Waals surface area contributed by atoms with Crippen molar-refractivity contribution in [2.24, 2.45) is 0 Å². The van der Waals surface area contributed by atoms with Crippen molar-refractivity contribution in [3.05, 3.63) is 48.0 Å². The molecule has 0 aliphatic heterocycles. The van der Waals surface area contributed by atoms with Crippen LogP contribution >= 0.6 is 0 Å². The van der Waals surface area contributed by atoms with Gasteiger partial charge in [0, 0.05) is 24.7 Å². The normalized spacial score (nSPS) is 14.2. The molecule has 0 atom stereocenters. The monoisotopic (exact) mass is 316 g/mol. The summed E-state index contributed by atoms with van der Waals surface area (Å²) in [7, 11) is 0. The van der Waals surface area contributed by atoms with Gasteiger partial charge in [-0.05, 0) is 44.4 Å². The summed E-state index contributed by atoms with van der Waals surface area (Å²) in [4.78, 5) is 26.0. The van der Waals surface area contributed by atoms with E-state index in [-0.39, 0.29) is 24.4 Å². The molecule has 1 aliphatic carbocycles. The van der Waals surface area contributed by atoms with Crippen LogP contribution in [0.2, 0.25) is 0 Å². The molecule has 0 unspecified atom stereocenters. The van der Waals surface area contributed by atoms with E-state index in [2.05, 4.69) is 11.9 Å². The van der Waals surface area contributed by atoms with E-state index < -0.39 is 5.60 Å². The number of nitrogens with one attached hydrogen (secondary N) is 1. The van der Waals surface area contributed by atoms with Crippen molar-refractivity contribution < 1.29 is 14.7 Å². The van der Waals surface area contributed by atoms with Crippen LogP contribution in [0.3, 0.4) is 0 Å². The number of aliphatic hydroxyl groups is 1. The number of benzene rings is 1. The first-order chi connectivity index (χ1) is 10.8. The van der Waals surface area contributed by atoms with Crippen LogP contribution in [0.1, 0.15) is 42.6 Å². The predicted octanol–water partition coefficient (Wildman–Crippen LogP) is 1.86. The minimum atomic E-state index is -0.940. The van der Waals surface area contributed by atoms with Crippen LogP contribution in [0.4, 0.5) is 0 Å². The summed E-state index contributed by atoms with van der Waals surface area (Å²) in [5, 5.41) is 12.8. The summed E-state index contributed by atoms with van der Waals surface area (Å²) in [6.45, 7) is 7.38. The molecule has 1 aliphatic rings. The Bertz CT molecular complexity index is 601. The fourth-order valence-electron chi connectivity index (χ4n) is 2.46. The summed E-state index contributed by atoms with van der Waals surface area (Å²) in [6.07, 6.45) is 3.14. The van der Waals surface area contributed by atoms with Gasteiger partial charge in [0.15, 0.2) is 0 Å². The maximum Gasteiger partial charge on any atom is 0.254 e. The molecule has 5 heteroatoms. The summed E-state index contributed by atoms with van der Waals surface area (Å²) >= 11 is 0. The van der Waals surface area contributed by atoms with Crippen LogP contribution in [-0.2, 0) is 11.3 Å². The lowest BCUT2D eigenvalue weighted by atomic mass is 10.0. The van der Waals surface area contributed by atoms with Crippen LogP contribution < -0.4 is 5.32 Å². The first-order valence-electron chi connectivity index (χ1n) is 7.83. The zero-order chi connectivity index (χ0) is 17.0. The highest BCUT2D eigenvalue weighted by Crippen LogP contribution is 2.30. The smallest absolute Gasteiger partial charge is 0.254 e. The van der Waals surface area contributed by atoms with Crippen molar-refractivity contribution in [3.63, 3.8) is 0 Å². The van der Waals surface area contributed by atoms with E-state index in [1.54, 1.807) is 30.9 Å². The second-order valence-corrected chi connectivity index (χ2v) is 6.56. The van der Waals surface area contributed by atoms with Crippen molar-refractivity contribution >= 4 is 11.8 Å². The van der Waals surface area contributed by atoms with Crippen LogP contribution in [0.15, 0.2) is 36.9 Å². The molecule has 1 saturated carbocycles. The molecule has 0 radical (unpaired) electrons. The number of carbonyl (C=O) groups excluding carboxylic acids is 2. The van der Waals surface area contributed by atoms with Crippen LogP contribution in [0.5, 0.6) is 0 Å². The van der Waals surface area contributed by atoms with E-state index in [9.17, 15) is 14.7 Å². The Balaban J connectivity index is 2.20. The van der Waals surface area contributed by atoms with Gasteiger partial charge in [-0.3, -0.25) is 9.59 Å². The molecule has 0 aromatic heterocycles. The Kier molecular flexibility index (Phi) is 5.21. The summed E-state index contributed by atoms with van der Waals surface area (Å²) < 4.78 is 0. The first kappa shape index (κ1) is 17.2. The molecule has 0 spiro atoms. The maximum absolute atomic E-state index is 12.9. The topological polar surface area (TPSA) is 69.6 Å². The Morgan fingerprint density at radius 1 is 1.39 bits per heavy atom. The molecule has 2 amide bonds. The van der Waals surface area contributed by atoms with Gasteiger partial charge >= 0.3 is 0 Å². The minimum absolute atomic E-state index is 0.0990. The molecule has 2 N–H and O–H groups in total. The average Bonchev–Trinajstić information content (AvgIpc) is 3.33. The van der Waals surface area contributed by atoms with Gasteiger partial charge in [-0.15, -0.1) is 0 Å². The SMILES string of the molecule is C=CC(=O)NCc1ccccc1C(=O)N(CC(C)(C)O)C1CC1. The van der Waals surface area contributed by atoms with Gasteiger partial charge in [-0.25, -0.2) is 0 Å². The summed E-state index contributed by atoms with van der Waals surface area (Å²) in [5.74, 6) is -0.374. The van der Waals surface area contributed by atoms with Crippen molar-refractivity contribution in [1.82, 2.24) is 10.2 Å². The van der Waals surface area contributed by atoms with Crippen LogP contribution in [0.25, 0.3) is 0 Å². The molecule has 0 saturated heterocycles. The van der Waals surface area contributed by atoms with Crippen molar-refractivity contribution in [1.29, 1.82) is 0 Å². The maximum atomic E-state index is 12.9. The van der Waals surface area contributed by atoms with E-state index in [4.69, 9.17) is 0 Å². The number of hydrogen-bond acceptors (Lipinski definition) is 3. The van der Waals surface area contributed by atoms with E-state index in [0.717, 1.165) is 18.4 Å². The number of amides is 2. The average molecular weight is 316 g/mol. The third kappa shape index (κ3) is 4.93. The largest absolute Gasteiger partial charge is 0.389 e. The molecule has 2 rings (SSSR count). The fourth-order valence-corrected chi connectivity index (χ4v) is 2.46. The Morgan fingerprint density at radius 2 is 2.04 bits per heavy atom. The molecule has 1 aromatic carbocycles. The van der Waals surface area contributed by atoms with Gasteiger partial charge in [-0.1, -0.05) is 24.8 Å². The van der Waals surface area contributed by atoms with Gasteiger partial charge in [-0.2, -0.15) is 0 Å². The lowest BCUT2D eigenvalue weighted by Crippen LogP contribution is -2.44. The van der Waals surface area contributed by atoms with E-state index in [1.165, 1.54) is 6.08 Å². The van der Waals surface area contributed by atoms with Crippen molar-refractivity contribution in [3.8, 4) is 0 Å². The van der Waals surface area contributed by atoms with Gasteiger partial charge in [0.2, 0.25) is 5.91 Å². The first-order valence-corrected chi connectivity index (χ1v) is 7.83. The molecular formula is C18H24N2O3. The summed E-state index contributed by atoms with van der Waals surface area (Å²) in [6, 6.07) is 7.43. The second kappa shape index (κ2) is 6.96. The predicted molar refractivity (Wildman–Crippen MR) is 88.8 cm³/mol. The van der Waals surface area contributed by atoms with E-state index in [0.29, 0.717) is 12.1 Å². The van der Waals surface area contributed by atoms with Crippen molar-refractivity contribution in [2.45, 2.75) is 44.9 Å². The highest BCUT2D eigenvalue weighted by Gasteiger charge is 2.36. The zero-order valence-corrected chi connectivity index (χ0v) is 13.7. The Labute approximate surface area is 137 Å². The molecule has 1 aromatic rings. The quantitative estimate of drug-likeness (QED) is 0.755. The standard InChI is InChI=1S/C18H24N2O3/c1-4-16(21)19-11-13-7-5-6-8-15(13)17(22)20(14-9-10-14)12-18(2,3)23/h4-8,14,23H,1,9-12H2,2-3H3,(H,19,21).